The van der Waals surface area contributed by atoms with Gasteiger partial charge in [0.25, 0.3) is 0 Å². The number of hydrogen-bond acceptors (Lipinski definition) is 3. The van der Waals surface area contributed by atoms with Gasteiger partial charge in [-0.2, -0.15) is 0 Å². The summed E-state index contributed by atoms with van der Waals surface area (Å²) in [7, 11) is 0. The highest BCUT2D eigenvalue weighted by molar-refractivity contribution is 6.30. The van der Waals surface area contributed by atoms with E-state index in [1.807, 2.05) is 73.7 Å². The van der Waals surface area contributed by atoms with Gasteiger partial charge < -0.3 is 4.42 Å². The standard InChI is InChI=1S/C21H15ClN2O/c1-14-8-9-20-19(10-14)24-21(25-20)16-5-3-7-18(12-16)23-13-15-4-2-6-17(22)11-15/h2-13H,1H3. The summed E-state index contributed by atoms with van der Waals surface area (Å²) >= 11 is 6.00. The first-order chi connectivity index (χ1) is 12.2. The zero-order valence-corrected chi connectivity index (χ0v) is 14.4. The first-order valence-electron chi connectivity index (χ1n) is 7.95. The average Bonchev–Trinajstić information content (AvgIpc) is 3.03. The van der Waals surface area contributed by atoms with Crippen molar-refractivity contribution in [3.63, 3.8) is 0 Å². The van der Waals surface area contributed by atoms with E-state index in [0.717, 1.165) is 33.5 Å². The van der Waals surface area contributed by atoms with E-state index >= 15 is 0 Å². The molecule has 4 heteroatoms. The zero-order valence-electron chi connectivity index (χ0n) is 13.6. The van der Waals surface area contributed by atoms with E-state index in [9.17, 15) is 0 Å². The van der Waals surface area contributed by atoms with Crippen LogP contribution in [0.15, 0.2) is 76.1 Å². The van der Waals surface area contributed by atoms with Gasteiger partial charge in [0, 0.05) is 16.8 Å². The van der Waals surface area contributed by atoms with Gasteiger partial charge in [0.2, 0.25) is 5.89 Å². The lowest BCUT2D eigenvalue weighted by atomic mass is 10.2. The van der Waals surface area contributed by atoms with Crippen LogP contribution in [-0.2, 0) is 0 Å². The molecule has 0 fully saturated rings. The van der Waals surface area contributed by atoms with Gasteiger partial charge in [-0.1, -0.05) is 35.9 Å². The Balaban J connectivity index is 1.66. The molecule has 4 aromatic rings. The molecule has 1 heterocycles. The zero-order chi connectivity index (χ0) is 17.2. The molecule has 0 aliphatic rings. The topological polar surface area (TPSA) is 38.4 Å². The van der Waals surface area contributed by atoms with Gasteiger partial charge in [-0.3, -0.25) is 4.99 Å². The molecule has 3 aromatic carbocycles. The van der Waals surface area contributed by atoms with Crippen LogP contribution in [0.1, 0.15) is 11.1 Å². The van der Waals surface area contributed by atoms with Crippen LogP contribution < -0.4 is 0 Å². The van der Waals surface area contributed by atoms with Crippen LogP contribution in [0, 0.1) is 6.92 Å². The Hall–Kier alpha value is -2.91. The summed E-state index contributed by atoms with van der Waals surface area (Å²) in [4.78, 5) is 9.10. The fourth-order valence-corrected chi connectivity index (χ4v) is 2.81. The number of rotatable bonds is 3. The normalized spacial score (nSPS) is 11.4. The second kappa shape index (κ2) is 6.54. The molecule has 0 N–H and O–H groups in total. The van der Waals surface area contributed by atoms with E-state index in [4.69, 9.17) is 16.0 Å². The maximum absolute atomic E-state index is 6.00. The molecule has 0 spiro atoms. The van der Waals surface area contributed by atoms with Crippen LogP contribution in [0.3, 0.4) is 0 Å². The maximum Gasteiger partial charge on any atom is 0.227 e. The second-order valence-electron chi connectivity index (χ2n) is 5.85. The monoisotopic (exact) mass is 346 g/mol. The first kappa shape index (κ1) is 15.6. The van der Waals surface area contributed by atoms with E-state index in [2.05, 4.69) is 9.98 Å². The quantitative estimate of drug-likeness (QED) is 0.414. The van der Waals surface area contributed by atoms with Crippen molar-refractivity contribution in [3.8, 4) is 11.5 Å². The van der Waals surface area contributed by atoms with Crippen LogP contribution in [0.25, 0.3) is 22.6 Å². The third-order valence-corrected chi connectivity index (χ3v) is 4.08. The van der Waals surface area contributed by atoms with Crippen LogP contribution in [0.2, 0.25) is 5.02 Å². The minimum atomic E-state index is 0.598. The number of aromatic nitrogens is 1. The molecule has 0 bridgehead atoms. The predicted molar refractivity (Wildman–Crippen MR) is 103 cm³/mol. The minimum Gasteiger partial charge on any atom is -0.436 e. The largest absolute Gasteiger partial charge is 0.436 e. The first-order valence-corrected chi connectivity index (χ1v) is 8.32. The lowest BCUT2D eigenvalue weighted by Crippen LogP contribution is -1.80. The summed E-state index contributed by atoms with van der Waals surface area (Å²) in [5.74, 6) is 0.598. The highest BCUT2D eigenvalue weighted by Gasteiger charge is 2.08. The Labute approximate surface area is 150 Å². The molecule has 0 saturated heterocycles. The van der Waals surface area contributed by atoms with E-state index < -0.39 is 0 Å². The minimum absolute atomic E-state index is 0.598. The summed E-state index contributed by atoms with van der Waals surface area (Å²) in [5, 5.41) is 0.694. The van der Waals surface area contributed by atoms with Gasteiger partial charge in [-0.25, -0.2) is 4.98 Å². The van der Waals surface area contributed by atoms with Gasteiger partial charge in [-0.05, 0) is 60.5 Å². The van der Waals surface area contributed by atoms with Crippen LogP contribution >= 0.6 is 11.6 Å². The summed E-state index contributed by atoms with van der Waals surface area (Å²) in [6.45, 7) is 2.04. The van der Waals surface area contributed by atoms with E-state index in [0.29, 0.717) is 10.9 Å². The smallest absolute Gasteiger partial charge is 0.227 e. The lowest BCUT2D eigenvalue weighted by molar-refractivity contribution is 0.620. The van der Waals surface area contributed by atoms with Crippen molar-refractivity contribution >= 4 is 34.6 Å². The molecule has 0 amide bonds. The molecule has 0 atom stereocenters. The Bertz CT molecular complexity index is 1080. The Morgan fingerprint density at radius 1 is 1.00 bits per heavy atom. The highest BCUT2D eigenvalue weighted by atomic mass is 35.5. The molecule has 122 valence electrons. The van der Waals surface area contributed by atoms with Crippen LogP contribution in [0.5, 0.6) is 0 Å². The van der Waals surface area contributed by atoms with Crippen molar-refractivity contribution in [2.24, 2.45) is 4.99 Å². The van der Waals surface area contributed by atoms with Crippen molar-refractivity contribution in [3.05, 3.63) is 82.9 Å². The van der Waals surface area contributed by atoms with Crippen molar-refractivity contribution in [1.82, 2.24) is 4.98 Å². The summed E-state index contributed by atoms with van der Waals surface area (Å²) < 4.78 is 5.86. The molecule has 1 aromatic heterocycles. The predicted octanol–water partition coefficient (Wildman–Crippen LogP) is 6.21. The molecule has 3 nitrogen and oxygen atoms in total. The molecule has 0 radical (unpaired) electrons. The highest BCUT2D eigenvalue weighted by Crippen LogP contribution is 2.27. The molecule has 0 unspecified atom stereocenters. The Morgan fingerprint density at radius 3 is 2.76 bits per heavy atom. The SMILES string of the molecule is Cc1ccc2oc(-c3cccc(N=Cc4cccc(Cl)c4)c3)nc2c1. The van der Waals surface area contributed by atoms with Crippen molar-refractivity contribution < 1.29 is 4.42 Å². The van der Waals surface area contributed by atoms with Crippen LogP contribution in [-0.4, -0.2) is 11.2 Å². The molecule has 4 rings (SSSR count). The fraction of sp³-hybridized carbons (Fsp3) is 0.0476. The number of hydrogen-bond donors (Lipinski definition) is 0. The van der Waals surface area contributed by atoms with E-state index in [1.54, 1.807) is 6.21 Å². The van der Waals surface area contributed by atoms with Gasteiger partial charge in [0.15, 0.2) is 5.58 Å². The molecular formula is C21H15ClN2O. The third kappa shape index (κ3) is 3.47. The lowest BCUT2D eigenvalue weighted by Gasteiger charge is -1.98. The van der Waals surface area contributed by atoms with Crippen molar-refractivity contribution in [2.75, 3.05) is 0 Å². The molecule has 25 heavy (non-hydrogen) atoms. The number of nitrogens with zero attached hydrogens (tertiary/aromatic N) is 2. The Morgan fingerprint density at radius 2 is 1.88 bits per heavy atom. The molecule has 0 aliphatic heterocycles. The number of aryl methyl sites for hydroxylation is 1. The van der Waals surface area contributed by atoms with Gasteiger partial charge in [0.05, 0.1) is 5.69 Å². The van der Waals surface area contributed by atoms with E-state index in [1.165, 1.54) is 0 Å². The maximum atomic E-state index is 6.00. The van der Waals surface area contributed by atoms with Crippen molar-refractivity contribution in [1.29, 1.82) is 0 Å². The average molecular weight is 347 g/mol. The van der Waals surface area contributed by atoms with Gasteiger partial charge in [0.1, 0.15) is 5.52 Å². The third-order valence-electron chi connectivity index (χ3n) is 3.85. The van der Waals surface area contributed by atoms with Crippen LogP contribution in [0.4, 0.5) is 5.69 Å². The molecular weight excluding hydrogens is 332 g/mol. The fourth-order valence-electron chi connectivity index (χ4n) is 2.62. The number of aliphatic imine (C=N–C) groups is 1. The summed E-state index contributed by atoms with van der Waals surface area (Å²) in [6.07, 6.45) is 1.79. The molecule has 0 saturated carbocycles. The Kier molecular flexibility index (Phi) is 4.08. The van der Waals surface area contributed by atoms with Crippen molar-refractivity contribution in [2.45, 2.75) is 6.92 Å². The number of fused-ring (bicyclic) bond motifs is 1. The summed E-state index contributed by atoms with van der Waals surface area (Å²) in [5.41, 5.74) is 5.49. The van der Waals surface area contributed by atoms with E-state index in [-0.39, 0.29) is 0 Å². The molecule has 0 aliphatic carbocycles. The number of halogens is 1. The second-order valence-corrected chi connectivity index (χ2v) is 6.29. The van der Waals surface area contributed by atoms with Gasteiger partial charge in [-0.15, -0.1) is 0 Å². The number of oxazole rings is 1. The summed E-state index contributed by atoms with van der Waals surface area (Å²) in [6, 6.07) is 21.4. The van der Waals surface area contributed by atoms with Gasteiger partial charge >= 0.3 is 0 Å². The number of benzene rings is 3.